The van der Waals surface area contributed by atoms with Crippen molar-refractivity contribution in [2.75, 3.05) is 14.1 Å². The fourth-order valence-electron chi connectivity index (χ4n) is 1.87. The molecule has 0 amide bonds. The Bertz CT molecular complexity index is 529. The molecule has 4 heteroatoms. The van der Waals surface area contributed by atoms with Crippen LogP contribution in [0.3, 0.4) is 0 Å². The van der Waals surface area contributed by atoms with Crippen LogP contribution in [-0.4, -0.2) is 24.6 Å². The molecule has 0 saturated carbocycles. The Morgan fingerprint density at radius 3 is 2.69 bits per heavy atom. The van der Waals surface area contributed by atoms with E-state index in [1.807, 2.05) is 38.4 Å². The molecule has 0 aliphatic carbocycles. The molecule has 0 unspecified atom stereocenters. The van der Waals surface area contributed by atoms with Gasteiger partial charge in [-0.1, -0.05) is 18.2 Å². The highest BCUT2D eigenvalue weighted by Crippen LogP contribution is 2.18. The van der Waals surface area contributed by atoms with Gasteiger partial charge in [-0.3, -0.25) is 4.57 Å². The van der Waals surface area contributed by atoms with E-state index in [9.17, 15) is 9.90 Å². The van der Waals surface area contributed by atoms with Crippen LogP contribution in [0, 0.1) is 0 Å². The van der Waals surface area contributed by atoms with Gasteiger partial charge in [-0.15, -0.1) is 0 Å². The summed E-state index contributed by atoms with van der Waals surface area (Å²) >= 11 is 0. The number of para-hydroxylation sites is 1. The lowest BCUT2D eigenvalue weighted by molar-refractivity contribution is -0.882. The zero-order valence-corrected chi connectivity index (χ0v) is 9.36. The molecule has 2 rings (SSSR count). The number of carboxylic acid groups (broad SMARTS) is 1. The Kier molecular flexibility index (Phi) is 2.66. The van der Waals surface area contributed by atoms with E-state index in [4.69, 9.17) is 0 Å². The molecule has 0 fully saturated rings. The summed E-state index contributed by atoms with van der Waals surface area (Å²) in [5.41, 5.74) is 1.17. The van der Waals surface area contributed by atoms with Crippen molar-refractivity contribution in [3.63, 3.8) is 0 Å². The van der Waals surface area contributed by atoms with Crippen LogP contribution in [0.25, 0.3) is 10.9 Å². The highest BCUT2D eigenvalue weighted by Gasteiger charge is 2.10. The average Bonchev–Trinajstić information content (AvgIpc) is 2.57. The molecule has 4 nitrogen and oxygen atoms in total. The Morgan fingerprint density at radius 2 is 2.06 bits per heavy atom. The van der Waals surface area contributed by atoms with E-state index in [2.05, 4.69) is 0 Å². The van der Waals surface area contributed by atoms with Crippen molar-refractivity contribution in [3.8, 4) is 0 Å². The molecule has 1 aromatic heterocycles. The van der Waals surface area contributed by atoms with Gasteiger partial charge >= 0.3 is 0 Å². The molecule has 0 radical (unpaired) electrons. The highest BCUT2D eigenvalue weighted by molar-refractivity contribution is 5.93. The zero-order chi connectivity index (χ0) is 11.7. The number of carbonyl (C=O) groups is 1. The van der Waals surface area contributed by atoms with Gasteiger partial charge in [-0.25, -0.2) is 0 Å². The molecule has 1 N–H and O–H groups in total. The third kappa shape index (κ3) is 1.79. The summed E-state index contributed by atoms with van der Waals surface area (Å²) in [6.45, 7) is 0.608. The number of aromatic nitrogens is 1. The van der Waals surface area contributed by atoms with Crippen molar-refractivity contribution in [1.29, 1.82) is 0 Å². The first-order chi connectivity index (χ1) is 7.59. The molecule has 0 atom stereocenters. The first-order valence-electron chi connectivity index (χ1n) is 5.18. The number of carboxylic acids is 1. The summed E-state index contributed by atoms with van der Waals surface area (Å²) < 4.78 is 1.78. The van der Waals surface area contributed by atoms with E-state index in [-0.39, 0.29) is 5.69 Å². The van der Waals surface area contributed by atoms with Crippen molar-refractivity contribution in [3.05, 3.63) is 36.0 Å². The van der Waals surface area contributed by atoms with Crippen LogP contribution in [-0.2, 0) is 6.67 Å². The Hall–Kier alpha value is -1.81. The van der Waals surface area contributed by atoms with E-state index >= 15 is 0 Å². The summed E-state index contributed by atoms with van der Waals surface area (Å²) in [5, 5.41) is 12.0. The maximum Gasteiger partial charge on any atom is 0.156 e. The second-order valence-electron chi connectivity index (χ2n) is 4.17. The summed E-state index contributed by atoms with van der Waals surface area (Å²) in [6.07, 6.45) is 0. The Morgan fingerprint density at radius 1 is 1.38 bits per heavy atom. The van der Waals surface area contributed by atoms with Crippen molar-refractivity contribution in [2.45, 2.75) is 6.67 Å². The van der Waals surface area contributed by atoms with Crippen LogP contribution in [0.4, 0.5) is 0 Å². The smallest absolute Gasteiger partial charge is 0.156 e. The van der Waals surface area contributed by atoms with Gasteiger partial charge in [-0.05, 0) is 12.1 Å². The van der Waals surface area contributed by atoms with Gasteiger partial charge in [0.15, 0.2) is 6.67 Å². The van der Waals surface area contributed by atoms with Crippen LogP contribution < -0.4 is 10.0 Å². The van der Waals surface area contributed by atoms with Crippen LogP contribution in [0.2, 0.25) is 0 Å². The third-order valence-electron chi connectivity index (χ3n) is 2.49. The molecule has 1 heterocycles. The quantitative estimate of drug-likeness (QED) is 0.726. The fourth-order valence-corrected chi connectivity index (χ4v) is 1.87. The Labute approximate surface area is 93.7 Å². The average molecular weight is 218 g/mol. The van der Waals surface area contributed by atoms with Crippen molar-refractivity contribution in [1.82, 2.24) is 4.57 Å². The number of fused-ring (bicyclic) bond motifs is 1. The first kappa shape index (κ1) is 10.7. The van der Waals surface area contributed by atoms with Gasteiger partial charge in [-0.2, -0.15) is 0 Å². The normalized spacial score (nSPS) is 11.2. The number of quaternary nitrogens is 1. The number of hydrogen-bond donors (Lipinski definition) is 1. The molecule has 84 valence electrons. The highest BCUT2D eigenvalue weighted by atomic mass is 16.4. The lowest BCUT2D eigenvalue weighted by Gasteiger charge is -2.13. The first-order valence-corrected chi connectivity index (χ1v) is 5.18. The minimum absolute atomic E-state index is 0.238. The van der Waals surface area contributed by atoms with Gasteiger partial charge in [0.25, 0.3) is 0 Å². The standard InChI is InChI=1S/C12H14N2O2/c1-13(2)8-14-10-6-4-3-5-9(10)7-11(14)12(15)16/h3-7H,8H2,1-2H3,(H,15,16). The van der Waals surface area contributed by atoms with E-state index < -0.39 is 5.97 Å². The predicted octanol–water partition coefficient (Wildman–Crippen LogP) is -0.893. The summed E-state index contributed by atoms with van der Waals surface area (Å²) in [4.78, 5) is 12.2. The number of aromatic carboxylic acids is 1. The number of nitrogens with zero attached hydrogens (tertiary/aromatic N) is 1. The lowest BCUT2D eigenvalue weighted by Crippen LogP contribution is -3.05. The van der Waals surface area contributed by atoms with Crippen molar-refractivity contribution < 1.29 is 14.8 Å². The second-order valence-corrected chi connectivity index (χ2v) is 4.17. The number of nitrogens with one attached hydrogen (secondary N) is 1. The van der Waals surface area contributed by atoms with Gasteiger partial charge < -0.3 is 14.8 Å². The van der Waals surface area contributed by atoms with Crippen LogP contribution >= 0.6 is 0 Å². The van der Waals surface area contributed by atoms with Crippen molar-refractivity contribution in [2.24, 2.45) is 0 Å². The largest absolute Gasteiger partial charge is 0.543 e. The predicted molar refractivity (Wildman–Crippen MR) is 59.1 cm³/mol. The molecular weight excluding hydrogens is 204 g/mol. The van der Waals surface area contributed by atoms with Gasteiger partial charge in [0, 0.05) is 5.39 Å². The maximum absolute atomic E-state index is 11.0. The number of carbonyl (C=O) groups excluding carboxylic acids is 1. The summed E-state index contributed by atoms with van der Waals surface area (Å²) in [6, 6.07) is 9.29. The van der Waals surface area contributed by atoms with Crippen LogP contribution in [0.1, 0.15) is 10.5 Å². The van der Waals surface area contributed by atoms with E-state index in [0.29, 0.717) is 6.67 Å². The van der Waals surface area contributed by atoms with Gasteiger partial charge in [0.1, 0.15) is 0 Å². The minimum atomic E-state index is -1.13. The molecule has 0 bridgehead atoms. The molecule has 0 aliphatic heterocycles. The fraction of sp³-hybridized carbons (Fsp3) is 0.250. The number of rotatable bonds is 3. The van der Waals surface area contributed by atoms with Gasteiger partial charge in [0.05, 0.1) is 31.3 Å². The molecule has 1 aromatic carbocycles. The SMILES string of the molecule is C[NH+](C)Cn1c(C(=O)[O-])cc2ccccc21. The summed E-state index contributed by atoms with van der Waals surface area (Å²) in [7, 11) is 3.96. The number of hydrogen-bond acceptors (Lipinski definition) is 2. The Balaban J connectivity index is 2.64. The maximum atomic E-state index is 11.0. The molecule has 2 aromatic rings. The monoisotopic (exact) mass is 218 g/mol. The van der Waals surface area contributed by atoms with E-state index in [1.54, 1.807) is 10.6 Å². The van der Waals surface area contributed by atoms with Gasteiger partial charge in [0.2, 0.25) is 0 Å². The molecule has 16 heavy (non-hydrogen) atoms. The minimum Gasteiger partial charge on any atom is -0.543 e. The van der Waals surface area contributed by atoms with Crippen LogP contribution in [0.5, 0.6) is 0 Å². The molecule has 0 spiro atoms. The topological polar surface area (TPSA) is 49.5 Å². The number of benzene rings is 1. The van der Waals surface area contributed by atoms with E-state index in [0.717, 1.165) is 15.8 Å². The molecule has 0 aliphatic rings. The summed E-state index contributed by atoms with van der Waals surface area (Å²) in [5.74, 6) is -1.13. The molecule has 0 saturated heterocycles. The van der Waals surface area contributed by atoms with Crippen LogP contribution in [0.15, 0.2) is 30.3 Å². The molecular formula is C12H14N2O2. The second kappa shape index (κ2) is 3.98. The third-order valence-corrected chi connectivity index (χ3v) is 2.49. The zero-order valence-electron chi connectivity index (χ0n) is 9.36. The van der Waals surface area contributed by atoms with E-state index in [1.165, 1.54) is 0 Å². The lowest BCUT2D eigenvalue weighted by atomic mass is 10.2. The van der Waals surface area contributed by atoms with Crippen molar-refractivity contribution >= 4 is 16.9 Å².